The summed E-state index contributed by atoms with van der Waals surface area (Å²) < 4.78 is 1.88. The number of nitrogens with one attached hydrogen (secondary N) is 2. The van der Waals surface area contributed by atoms with Gasteiger partial charge in [-0.05, 0) is 30.5 Å². The smallest absolute Gasteiger partial charge is 0.268 e. The molecule has 1 fully saturated rings. The van der Waals surface area contributed by atoms with Crippen LogP contribution in [0.5, 0.6) is 0 Å². The molecule has 31 heavy (non-hydrogen) atoms. The zero-order valence-corrected chi connectivity index (χ0v) is 17.5. The molecular weight excluding hydrogens is 388 g/mol. The third-order valence-electron chi connectivity index (χ3n) is 6.15. The Morgan fingerprint density at radius 3 is 2.52 bits per heavy atom. The van der Waals surface area contributed by atoms with Crippen LogP contribution in [0.3, 0.4) is 0 Å². The van der Waals surface area contributed by atoms with Crippen molar-refractivity contribution in [1.82, 2.24) is 15.2 Å². The van der Waals surface area contributed by atoms with Crippen molar-refractivity contribution in [2.45, 2.75) is 37.8 Å². The summed E-state index contributed by atoms with van der Waals surface area (Å²) in [5.74, 6) is -0.715. The van der Waals surface area contributed by atoms with Gasteiger partial charge in [0, 0.05) is 24.0 Å². The molecule has 0 aliphatic heterocycles. The molecule has 1 saturated carbocycles. The first-order valence-corrected chi connectivity index (χ1v) is 10.7. The number of carbonyl (C=O) groups excluding carboxylic acids is 2. The lowest BCUT2D eigenvalue weighted by Gasteiger charge is -2.32. The number of para-hydroxylation sites is 1. The van der Waals surface area contributed by atoms with Crippen molar-refractivity contribution < 1.29 is 9.59 Å². The fourth-order valence-electron chi connectivity index (χ4n) is 4.45. The van der Waals surface area contributed by atoms with Gasteiger partial charge in [0.15, 0.2) is 0 Å². The summed E-state index contributed by atoms with van der Waals surface area (Å²) in [7, 11) is 1.87. The van der Waals surface area contributed by atoms with E-state index in [1.54, 1.807) is 0 Å². The molecule has 4 rings (SSSR count). The number of nitriles is 1. The molecule has 0 saturated heterocycles. The molecule has 3 atom stereocenters. The van der Waals surface area contributed by atoms with E-state index in [4.69, 9.17) is 0 Å². The van der Waals surface area contributed by atoms with Crippen LogP contribution in [0.4, 0.5) is 0 Å². The van der Waals surface area contributed by atoms with Gasteiger partial charge in [-0.3, -0.25) is 9.59 Å². The molecule has 6 heteroatoms. The number of hydrogen-bond acceptors (Lipinski definition) is 3. The zero-order chi connectivity index (χ0) is 21.8. The Morgan fingerprint density at radius 2 is 1.77 bits per heavy atom. The van der Waals surface area contributed by atoms with Crippen molar-refractivity contribution in [3.8, 4) is 6.07 Å². The van der Waals surface area contributed by atoms with Crippen molar-refractivity contribution in [3.05, 3.63) is 71.9 Å². The van der Waals surface area contributed by atoms with Gasteiger partial charge >= 0.3 is 0 Å². The second-order valence-corrected chi connectivity index (χ2v) is 8.10. The number of aryl methyl sites for hydroxylation is 1. The number of aromatic nitrogens is 1. The van der Waals surface area contributed by atoms with Gasteiger partial charge in [-0.25, -0.2) is 0 Å². The second-order valence-electron chi connectivity index (χ2n) is 8.10. The molecule has 2 aromatic carbocycles. The summed E-state index contributed by atoms with van der Waals surface area (Å²) in [6.07, 6.45) is 3.33. The lowest BCUT2D eigenvalue weighted by molar-refractivity contribution is -0.127. The lowest BCUT2D eigenvalue weighted by atomic mass is 9.83. The summed E-state index contributed by atoms with van der Waals surface area (Å²) in [6.45, 7) is 0. The van der Waals surface area contributed by atoms with E-state index in [2.05, 4.69) is 16.7 Å². The van der Waals surface area contributed by atoms with E-state index >= 15 is 0 Å². The van der Waals surface area contributed by atoms with E-state index in [-0.39, 0.29) is 23.8 Å². The molecule has 2 amide bonds. The molecule has 0 bridgehead atoms. The third-order valence-corrected chi connectivity index (χ3v) is 6.15. The molecule has 1 aliphatic carbocycles. The van der Waals surface area contributed by atoms with Crippen molar-refractivity contribution in [2.24, 2.45) is 13.0 Å². The number of amides is 2. The van der Waals surface area contributed by atoms with E-state index in [9.17, 15) is 14.9 Å². The van der Waals surface area contributed by atoms with Gasteiger partial charge < -0.3 is 15.2 Å². The minimum Gasteiger partial charge on any atom is -0.347 e. The van der Waals surface area contributed by atoms with Gasteiger partial charge in [-0.15, -0.1) is 0 Å². The summed E-state index contributed by atoms with van der Waals surface area (Å²) in [6, 6.07) is 20.2. The molecule has 6 nitrogen and oxygen atoms in total. The van der Waals surface area contributed by atoms with Crippen LogP contribution in [-0.2, 0) is 11.8 Å². The Kier molecular flexibility index (Phi) is 6.03. The number of fused-ring (bicyclic) bond motifs is 1. The average Bonchev–Trinajstić information content (AvgIpc) is 3.15. The SMILES string of the molecule is Cn1c(C(=O)N[C@H]2CCCC[C@H]2C(=O)NC(C#N)c2ccccc2)cc2ccccc21. The predicted octanol–water partition coefficient (Wildman–Crippen LogP) is 3.85. The van der Waals surface area contributed by atoms with Crippen LogP contribution in [-0.4, -0.2) is 22.4 Å². The molecule has 158 valence electrons. The lowest BCUT2D eigenvalue weighted by Crippen LogP contribution is -2.49. The number of carbonyl (C=O) groups is 2. The highest BCUT2D eigenvalue weighted by molar-refractivity contribution is 5.99. The number of hydrogen-bond donors (Lipinski definition) is 2. The maximum absolute atomic E-state index is 13.1. The number of rotatable bonds is 5. The summed E-state index contributed by atoms with van der Waals surface area (Å²) in [5, 5.41) is 16.5. The molecule has 3 aromatic rings. The first-order valence-electron chi connectivity index (χ1n) is 10.7. The molecule has 2 N–H and O–H groups in total. The van der Waals surface area contributed by atoms with Gasteiger partial charge in [0.25, 0.3) is 5.91 Å². The Labute approximate surface area is 181 Å². The molecule has 1 heterocycles. The van der Waals surface area contributed by atoms with E-state index < -0.39 is 6.04 Å². The molecule has 1 aliphatic rings. The Morgan fingerprint density at radius 1 is 1.06 bits per heavy atom. The van der Waals surface area contributed by atoms with Crippen LogP contribution < -0.4 is 10.6 Å². The van der Waals surface area contributed by atoms with Crippen molar-refractivity contribution in [2.75, 3.05) is 0 Å². The summed E-state index contributed by atoms with van der Waals surface area (Å²) in [5.41, 5.74) is 2.32. The maximum Gasteiger partial charge on any atom is 0.268 e. The first kappa shape index (κ1) is 20.7. The fraction of sp³-hybridized carbons (Fsp3) is 0.320. The molecule has 0 spiro atoms. The van der Waals surface area contributed by atoms with Crippen LogP contribution in [0.15, 0.2) is 60.7 Å². The second kappa shape index (κ2) is 9.05. The van der Waals surface area contributed by atoms with Crippen LogP contribution in [0.2, 0.25) is 0 Å². The largest absolute Gasteiger partial charge is 0.347 e. The highest BCUT2D eigenvalue weighted by Crippen LogP contribution is 2.27. The molecule has 1 unspecified atom stereocenters. The summed E-state index contributed by atoms with van der Waals surface area (Å²) in [4.78, 5) is 26.1. The van der Waals surface area contributed by atoms with Crippen LogP contribution >= 0.6 is 0 Å². The number of benzene rings is 2. The minimum absolute atomic E-state index is 0.178. The monoisotopic (exact) mass is 414 g/mol. The van der Waals surface area contributed by atoms with Crippen molar-refractivity contribution in [1.29, 1.82) is 5.26 Å². The fourth-order valence-corrected chi connectivity index (χ4v) is 4.45. The zero-order valence-electron chi connectivity index (χ0n) is 17.5. The van der Waals surface area contributed by atoms with E-state index in [0.717, 1.165) is 35.7 Å². The van der Waals surface area contributed by atoms with Gasteiger partial charge in [0.1, 0.15) is 11.7 Å². The maximum atomic E-state index is 13.1. The van der Waals surface area contributed by atoms with Gasteiger partial charge in [-0.2, -0.15) is 5.26 Å². The van der Waals surface area contributed by atoms with E-state index in [1.165, 1.54) is 0 Å². The van der Waals surface area contributed by atoms with E-state index in [1.807, 2.05) is 72.3 Å². The first-order chi connectivity index (χ1) is 15.1. The topological polar surface area (TPSA) is 86.9 Å². The standard InChI is InChI=1S/C25H26N4O2/c1-29-22-14-8-5-11-18(22)15-23(29)25(31)27-20-13-7-6-12-19(20)24(30)28-21(16-26)17-9-3-2-4-10-17/h2-5,8-11,14-15,19-21H,6-7,12-13H2,1H3,(H,27,31)(H,28,30)/t19-,20+,21?/m1/s1. The Hall–Kier alpha value is -3.59. The van der Waals surface area contributed by atoms with Crippen LogP contribution in [0, 0.1) is 17.2 Å². The average molecular weight is 415 g/mol. The van der Waals surface area contributed by atoms with Gasteiger partial charge in [0.05, 0.1) is 12.0 Å². The quantitative estimate of drug-likeness (QED) is 0.665. The van der Waals surface area contributed by atoms with Crippen LogP contribution in [0.25, 0.3) is 10.9 Å². The van der Waals surface area contributed by atoms with Crippen LogP contribution in [0.1, 0.15) is 47.8 Å². The number of nitrogens with zero attached hydrogens (tertiary/aromatic N) is 2. The van der Waals surface area contributed by atoms with E-state index in [0.29, 0.717) is 12.1 Å². The van der Waals surface area contributed by atoms with Gasteiger partial charge in [0.2, 0.25) is 5.91 Å². The molecule has 0 radical (unpaired) electrons. The Bertz CT molecular complexity index is 1130. The molecule has 1 aromatic heterocycles. The normalized spacial score (nSPS) is 19.4. The Balaban J connectivity index is 1.49. The highest BCUT2D eigenvalue weighted by atomic mass is 16.2. The van der Waals surface area contributed by atoms with Gasteiger partial charge in [-0.1, -0.05) is 61.4 Å². The third kappa shape index (κ3) is 4.31. The van der Waals surface area contributed by atoms with Crippen molar-refractivity contribution >= 4 is 22.7 Å². The predicted molar refractivity (Wildman–Crippen MR) is 119 cm³/mol. The minimum atomic E-state index is -0.704. The summed E-state index contributed by atoms with van der Waals surface area (Å²) >= 11 is 0. The highest BCUT2D eigenvalue weighted by Gasteiger charge is 2.33. The van der Waals surface area contributed by atoms with Crippen molar-refractivity contribution in [3.63, 3.8) is 0 Å². The molecular formula is C25H26N4O2.